The predicted molar refractivity (Wildman–Crippen MR) is 60.2 cm³/mol. The van der Waals surface area contributed by atoms with E-state index < -0.39 is 0 Å². The van der Waals surface area contributed by atoms with Crippen LogP contribution in [0, 0.1) is 5.92 Å². The Kier molecular flexibility index (Phi) is 1.99. The van der Waals surface area contributed by atoms with Crippen LogP contribution in [0.2, 0.25) is 0 Å². The van der Waals surface area contributed by atoms with Crippen molar-refractivity contribution in [2.24, 2.45) is 11.7 Å². The minimum Gasteiger partial charge on any atom is -0.493 e. The third kappa shape index (κ3) is 1.44. The SMILES string of the molecule is CC1Cc2cc3c(cc2CC1N)OCC3. The van der Waals surface area contributed by atoms with Gasteiger partial charge in [-0.15, -0.1) is 0 Å². The van der Waals surface area contributed by atoms with Crippen molar-refractivity contribution in [3.63, 3.8) is 0 Å². The summed E-state index contributed by atoms with van der Waals surface area (Å²) in [5.41, 5.74) is 10.4. The highest BCUT2D eigenvalue weighted by molar-refractivity contribution is 5.46. The average molecular weight is 203 g/mol. The van der Waals surface area contributed by atoms with Crippen molar-refractivity contribution in [3.05, 3.63) is 28.8 Å². The zero-order valence-electron chi connectivity index (χ0n) is 9.12. The lowest BCUT2D eigenvalue weighted by atomic mass is 9.81. The fourth-order valence-corrected chi connectivity index (χ4v) is 2.65. The summed E-state index contributed by atoms with van der Waals surface area (Å²) >= 11 is 0. The molecular weight excluding hydrogens is 186 g/mol. The molecular formula is C13H17NO. The largest absolute Gasteiger partial charge is 0.493 e. The van der Waals surface area contributed by atoms with Crippen LogP contribution in [0.1, 0.15) is 23.6 Å². The number of hydrogen-bond acceptors (Lipinski definition) is 2. The van der Waals surface area contributed by atoms with Crippen molar-refractivity contribution in [1.29, 1.82) is 0 Å². The normalized spacial score (nSPS) is 28.1. The monoisotopic (exact) mass is 203 g/mol. The number of nitrogens with two attached hydrogens (primary N) is 1. The van der Waals surface area contributed by atoms with E-state index in [1.54, 1.807) is 0 Å². The third-order valence-corrected chi connectivity index (χ3v) is 3.74. The Balaban J connectivity index is 2.04. The van der Waals surface area contributed by atoms with Gasteiger partial charge in [-0.2, -0.15) is 0 Å². The highest BCUT2D eigenvalue weighted by Gasteiger charge is 2.25. The van der Waals surface area contributed by atoms with Gasteiger partial charge in [-0.3, -0.25) is 0 Å². The number of hydrogen-bond donors (Lipinski definition) is 1. The summed E-state index contributed by atoms with van der Waals surface area (Å²) in [6.07, 6.45) is 3.21. The summed E-state index contributed by atoms with van der Waals surface area (Å²) < 4.78 is 5.59. The van der Waals surface area contributed by atoms with Gasteiger partial charge in [0.15, 0.2) is 0 Å². The van der Waals surface area contributed by atoms with Crippen molar-refractivity contribution in [2.75, 3.05) is 6.61 Å². The van der Waals surface area contributed by atoms with Crippen LogP contribution in [0.3, 0.4) is 0 Å². The van der Waals surface area contributed by atoms with Crippen molar-refractivity contribution >= 4 is 0 Å². The Hall–Kier alpha value is -1.02. The second-order valence-corrected chi connectivity index (χ2v) is 4.88. The van der Waals surface area contributed by atoms with Crippen LogP contribution in [-0.4, -0.2) is 12.6 Å². The molecule has 0 amide bonds. The van der Waals surface area contributed by atoms with Gasteiger partial charge in [-0.05, 0) is 41.5 Å². The van der Waals surface area contributed by atoms with Crippen LogP contribution in [0.5, 0.6) is 5.75 Å². The molecule has 0 saturated heterocycles. The fraction of sp³-hybridized carbons (Fsp3) is 0.538. The quantitative estimate of drug-likeness (QED) is 0.696. The molecule has 0 fully saturated rings. The van der Waals surface area contributed by atoms with E-state index in [4.69, 9.17) is 10.5 Å². The maximum absolute atomic E-state index is 6.10. The zero-order valence-corrected chi connectivity index (χ0v) is 9.12. The minimum atomic E-state index is 0.317. The van der Waals surface area contributed by atoms with Gasteiger partial charge in [0.1, 0.15) is 5.75 Å². The molecule has 2 N–H and O–H groups in total. The molecule has 1 aliphatic heterocycles. The summed E-state index contributed by atoms with van der Waals surface area (Å²) in [4.78, 5) is 0. The highest BCUT2D eigenvalue weighted by Crippen LogP contribution is 2.33. The molecule has 15 heavy (non-hydrogen) atoms. The topological polar surface area (TPSA) is 35.2 Å². The lowest BCUT2D eigenvalue weighted by Crippen LogP contribution is -2.35. The van der Waals surface area contributed by atoms with E-state index in [0.717, 1.165) is 31.6 Å². The minimum absolute atomic E-state index is 0.317. The van der Waals surface area contributed by atoms with Crippen LogP contribution in [0.4, 0.5) is 0 Å². The van der Waals surface area contributed by atoms with E-state index in [9.17, 15) is 0 Å². The van der Waals surface area contributed by atoms with Gasteiger partial charge in [-0.25, -0.2) is 0 Å². The fourth-order valence-electron chi connectivity index (χ4n) is 2.65. The highest BCUT2D eigenvalue weighted by atomic mass is 16.5. The molecule has 2 nitrogen and oxygen atoms in total. The Bertz CT molecular complexity index is 363. The molecule has 2 unspecified atom stereocenters. The van der Waals surface area contributed by atoms with Crippen LogP contribution >= 0.6 is 0 Å². The molecule has 2 heteroatoms. The van der Waals surface area contributed by atoms with Gasteiger partial charge < -0.3 is 10.5 Å². The molecule has 1 aromatic carbocycles. The maximum Gasteiger partial charge on any atom is 0.122 e. The average Bonchev–Trinajstić information content (AvgIpc) is 2.63. The summed E-state index contributed by atoms with van der Waals surface area (Å²) in [6.45, 7) is 3.09. The standard InChI is InChI=1S/C13H17NO/c1-8-4-10-5-9-2-3-15-13(9)7-11(10)6-12(8)14/h5,7-8,12H,2-4,6,14H2,1H3. The van der Waals surface area contributed by atoms with Gasteiger partial charge >= 0.3 is 0 Å². The van der Waals surface area contributed by atoms with E-state index >= 15 is 0 Å². The number of fused-ring (bicyclic) bond motifs is 2. The molecule has 1 aliphatic carbocycles. The molecule has 0 bridgehead atoms. The summed E-state index contributed by atoms with van der Waals surface area (Å²) in [5.74, 6) is 1.70. The molecule has 3 rings (SSSR count). The molecule has 0 spiro atoms. The summed E-state index contributed by atoms with van der Waals surface area (Å²) in [6, 6.07) is 4.86. The predicted octanol–water partition coefficient (Wildman–Crippen LogP) is 1.68. The second-order valence-electron chi connectivity index (χ2n) is 4.88. The molecule has 80 valence electrons. The Labute approximate surface area is 90.4 Å². The molecule has 2 aliphatic rings. The lowest BCUT2D eigenvalue weighted by Gasteiger charge is -2.28. The molecule has 1 aromatic rings. The van der Waals surface area contributed by atoms with Crippen LogP contribution in [0.25, 0.3) is 0 Å². The van der Waals surface area contributed by atoms with Gasteiger partial charge in [0, 0.05) is 12.5 Å². The Morgan fingerprint density at radius 3 is 2.87 bits per heavy atom. The summed E-state index contributed by atoms with van der Waals surface area (Å²) in [5, 5.41) is 0. The van der Waals surface area contributed by atoms with Gasteiger partial charge in [0.2, 0.25) is 0 Å². The summed E-state index contributed by atoms with van der Waals surface area (Å²) in [7, 11) is 0. The van der Waals surface area contributed by atoms with Crippen molar-refractivity contribution < 1.29 is 4.74 Å². The van der Waals surface area contributed by atoms with E-state index in [1.165, 1.54) is 16.7 Å². The van der Waals surface area contributed by atoms with Gasteiger partial charge in [0.05, 0.1) is 6.61 Å². The first-order chi connectivity index (χ1) is 7.24. The third-order valence-electron chi connectivity index (χ3n) is 3.74. The molecule has 1 heterocycles. The number of rotatable bonds is 0. The Morgan fingerprint density at radius 2 is 2.00 bits per heavy atom. The van der Waals surface area contributed by atoms with E-state index in [1.807, 2.05) is 0 Å². The smallest absolute Gasteiger partial charge is 0.122 e. The second kappa shape index (κ2) is 3.24. The zero-order chi connectivity index (χ0) is 10.4. The van der Waals surface area contributed by atoms with Crippen LogP contribution in [-0.2, 0) is 19.3 Å². The van der Waals surface area contributed by atoms with E-state index in [2.05, 4.69) is 19.1 Å². The number of benzene rings is 1. The molecule has 0 radical (unpaired) electrons. The molecule has 0 aromatic heterocycles. The molecule has 2 atom stereocenters. The van der Waals surface area contributed by atoms with Crippen molar-refractivity contribution in [3.8, 4) is 5.75 Å². The lowest BCUT2D eigenvalue weighted by molar-refractivity contribution is 0.355. The van der Waals surface area contributed by atoms with Crippen LogP contribution in [0.15, 0.2) is 12.1 Å². The van der Waals surface area contributed by atoms with Crippen LogP contribution < -0.4 is 10.5 Å². The first-order valence-corrected chi connectivity index (χ1v) is 5.77. The Morgan fingerprint density at radius 1 is 1.20 bits per heavy atom. The van der Waals surface area contributed by atoms with Gasteiger partial charge in [-0.1, -0.05) is 13.0 Å². The maximum atomic E-state index is 6.10. The van der Waals surface area contributed by atoms with Gasteiger partial charge in [0.25, 0.3) is 0 Å². The number of ether oxygens (including phenoxy) is 1. The first kappa shape index (κ1) is 9.22. The van der Waals surface area contributed by atoms with Crippen molar-refractivity contribution in [2.45, 2.75) is 32.2 Å². The van der Waals surface area contributed by atoms with Crippen molar-refractivity contribution in [1.82, 2.24) is 0 Å². The van der Waals surface area contributed by atoms with E-state index in [-0.39, 0.29) is 0 Å². The first-order valence-electron chi connectivity index (χ1n) is 5.77. The molecule has 0 saturated carbocycles. The van der Waals surface area contributed by atoms with E-state index in [0.29, 0.717) is 12.0 Å².